The molecule has 1 aliphatic rings. The van der Waals surface area contributed by atoms with Crippen molar-refractivity contribution in [3.8, 4) is 5.75 Å². The first-order valence-electron chi connectivity index (χ1n) is 10.9. The lowest BCUT2D eigenvalue weighted by Gasteiger charge is -2.41. The van der Waals surface area contributed by atoms with E-state index in [9.17, 15) is 5.11 Å². The molecule has 3 nitrogen and oxygen atoms in total. The average molecular weight is 438 g/mol. The number of rotatable bonds is 7. The van der Waals surface area contributed by atoms with E-state index in [0.717, 1.165) is 42.1 Å². The fourth-order valence-electron chi connectivity index (χ4n) is 4.67. The summed E-state index contributed by atoms with van der Waals surface area (Å²) in [6.07, 6.45) is 3.76. The van der Waals surface area contributed by atoms with Crippen LogP contribution in [0.15, 0.2) is 84.9 Å². The lowest BCUT2D eigenvalue weighted by Crippen LogP contribution is -2.43. The van der Waals surface area contributed by atoms with E-state index < -0.39 is 5.60 Å². The van der Waals surface area contributed by atoms with Crippen molar-refractivity contribution in [3.05, 3.63) is 102 Å². The molecule has 31 heavy (non-hydrogen) atoms. The zero-order chi connectivity index (χ0) is 20.8. The Hall–Kier alpha value is -2.33. The quantitative estimate of drug-likeness (QED) is 0.520. The predicted octanol–water partition coefficient (Wildman–Crippen LogP) is 5.62. The van der Waals surface area contributed by atoms with Gasteiger partial charge < -0.3 is 14.7 Å². The van der Waals surface area contributed by atoms with Crippen molar-refractivity contribution in [2.45, 2.75) is 30.8 Å². The van der Waals surface area contributed by atoms with Crippen LogP contribution in [0.1, 0.15) is 41.9 Å². The molecule has 0 aliphatic carbocycles. The van der Waals surface area contributed by atoms with Crippen LogP contribution in [0.5, 0.6) is 5.75 Å². The van der Waals surface area contributed by atoms with Crippen LogP contribution in [-0.4, -0.2) is 36.8 Å². The number of ether oxygens (including phenoxy) is 1. The van der Waals surface area contributed by atoms with E-state index in [2.05, 4.69) is 29.2 Å². The van der Waals surface area contributed by atoms with Crippen LogP contribution in [0.3, 0.4) is 0 Å². The van der Waals surface area contributed by atoms with Crippen molar-refractivity contribution in [3.63, 3.8) is 0 Å². The van der Waals surface area contributed by atoms with Crippen LogP contribution in [-0.2, 0) is 5.60 Å². The van der Waals surface area contributed by atoms with E-state index in [1.54, 1.807) is 7.11 Å². The Kier molecular flexibility index (Phi) is 8.14. The summed E-state index contributed by atoms with van der Waals surface area (Å²) >= 11 is 0. The number of piperidine rings is 1. The summed E-state index contributed by atoms with van der Waals surface area (Å²) in [5, 5.41) is 12.5. The van der Waals surface area contributed by atoms with E-state index in [4.69, 9.17) is 4.74 Å². The van der Waals surface area contributed by atoms with Gasteiger partial charge in [-0.05, 0) is 54.8 Å². The number of benzene rings is 3. The summed E-state index contributed by atoms with van der Waals surface area (Å²) in [5.41, 5.74) is 1.82. The molecule has 0 bridgehead atoms. The molecule has 3 aromatic carbocycles. The number of methoxy groups -OCH3 is 1. The highest BCUT2D eigenvalue weighted by Crippen LogP contribution is 2.43. The average Bonchev–Trinajstić information content (AvgIpc) is 2.84. The highest BCUT2D eigenvalue weighted by atomic mass is 35.5. The highest BCUT2D eigenvalue weighted by molar-refractivity contribution is 5.85. The van der Waals surface area contributed by atoms with Crippen LogP contribution < -0.4 is 4.74 Å². The van der Waals surface area contributed by atoms with Gasteiger partial charge in [0.2, 0.25) is 0 Å². The molecule has 4 heteroatoms. The predicted molar refractivity (Wildman–Crippen MR) is 129 cm³/mol. The SMILES string of the molecule is COc1ccc(C(O)(c2ccccc2)C(CN2CCCCC2)c2ccccc2)cc1.Cl. The van der Waals surface area contributed by atoms with Crippen molar-refractivity contribution in [2.24, 2.45) is 0 Å². The normalized spacial score (nSPS) is 17.2. The molecule has 1 fully saturated rings. The van der Waals surface area contributed by atoms with Crippen LogP contribution in [0.4, 0.5) is 0 Å². The maximum atomic E-state index is 12.5. The highest BCUT2D eigenvalue weighted by Gasteiger charge is 2.42. The second kappa shape index (κ2) is 10.8. The van der Waals surface area contributed by atoms with E-state index >= 15 is 0 Å². The van der Waals surface area contributed by atoms with Gasteiger partial charge >= 0.3 is 0 Å². The Labute approximate surface area is 192 Å². The maximum absolute atomic E-state index is 12.5. The minimum atomic E-state index is -1.15. The molecule has 1 N–H and O–H groups in total. The zero-order valence-corrected chi connectivity index (χ0v) is 18.9. The summed E-state index contributed by atoms with van der Waals surface area (Å²) < 4.78 is 5.36. The van der Waals surface area contributed by atoms with E-state index in [1.165, 1.54) is 19.3 Å². The summed E-state index contributed by atoms with van der Waals surface area (Å²) in [6.45, 7) is 3.01. The van der Waals surface area contributed by atoms with Crippen LogP contribution >= 0.6 is 12.4 Å². The first-order chi connectivity index (χ1) is 14.7. The van der Waals surface area contributed by atoms with Gasteiger partial charge in [0, 0.05) is 12.5 Å². The molecular weight excluding hydrogens is 406 g/mol. The van der Waals surface area contributed by atoms with Gasteiger partial charge in [-0.25, -0.2) is 0 Å². The van der Waals surface area contributed by atoms with Crippen molar-refractivity contribution in [1.82, 2.24) is 4.90 Å². The van der Waals surface area contributed by atoms with Gasteiger partial charge in [0.15, 0.2) is 0 Å². The fraction of sp³-hybridized carbons (Fsp3) is 0.333. The van der Waals surface area contributed by atoms with Crippen LogP contribution in [0.25, 0.3) is 0 Å². The first-order valence-corrected chi connectivity index (χ1v) is 10.9. The minimum absolute atomic E-state index is 0. The monoisotopic (exact) mass is 437 g/mol. The molecular formula is C27H32ClNO2. The fourth-order valence-corrected chi connectivity index (χ4v) is 4.67. The first kappa shape index (κ1) is 23.3. The Morgan fingerprint density at radius 3 is 1.94 bits per heavy atom. The van der Waals surface area contributed by atoms with Crippen molar-refractivity contribution < 1.29 is 9.84 Å². The van der Waals surface area contributed by atoms with E-state index in [1.807, 2.05) is 60.7 Å². The van der Waals surface area contributed by atoms with Gasteiger partial charge in [0.05, 0.1) is 7.11 Å². The lowest BCUT2D eigenvalue weighted by molar-refractivity contribution is 0.0310. The molecule has 2 atom stereocenters. The molecule has 0 radical (unpaired) electrons. The number of halogens is 1. The largest absolute Gasteiger partial charge is 0.497 e. The van der Waals surface area contributed by atoms with E-state index in [0.29, 0.717) is 0 Å². The molecule has 164 valence electrons. The van der Waals surface area contributed by atoms with E-state index in [-0.39, 0.29) is 18.3 Å². The number of nitrogens with zero attached hydrogens (tertiary/aromatic N) is 1. The summed E-state index contributed by atoms with van der Waals surface area (Å²) in [5.74, 6) is 0.703. The summed E-state index contributed by atoms with van der Waals surface area (Å²) in [6, 6.07) is 28.4. The van der Waals surface area contributed by atoms with Gasteiger partial charge in [-0.15, -0.1) is 12.4 Å². The number of hydrogen-bond donors (Lipinski definition) is 1. The summed E-state index contributed by atoms with van der Waals surface area (Å²) in [4.78, 5) is 2.51. The van der Waals surface area contributed by atoms with Gasteiger partial charge in [-0.3, -0.25) is 0 Å². The molecule has 1 aliphatic heterocycles. The topological polar surface area (TPSA) is 32.7 Å². The molecule has 4 rings (SSSR count). The second-order valence-electron chi connectivity index (χ2n) is 8.19. The van der Waals surface area contributed by atoms with Crippen LogP contribution in [0, 0.1) is 0 Å². The van der Waals surface area contributed by atoms with Gasteiger partial charge in [0.1, 0.15) is 11.4 Å². The number of hydrogen-bond acceptors (Lipinski definition) is 3. The zero-order valence-electron chi connectivity index (χ0n) is 18.1. The molecule has 0 saturated carbocycles. The third-order valence-electron chi connectivity index (χ3n) is 6.34. The van der Waals surface area contributed by atoms with Crippen molar-refractivity contribution in [1.29, 1.82) is 0 Å². The molecule has 2 unspecified atom stereocenters. The maximum Gasteiger partial charge on any atom is 0.123 e. The Morgan fingerprint density at radius 1 is 0.806 bits per heavy atom. The second-order valence-corrected chi connectivity index (χ2v) is 8.19. The minimum Gasteiger partial charge on any atom is -0.497 e. The standard InChI is InChI=1S/C27H31NO2.ClH/c1-30-25-17-15-24(16-18-25)27(29,23-13-7-3-8-14-23)26(22-11-5-2-6-12-22)21-28-19-9-4-10-20-28;/h2-3,5-8,11-18,26,29H,4,9-10,19-21H2,1H3;1H. The molecule has 0 spiro atoms. The van der Waals surface area contributed by atoms with Crippen molar-refractivity contribution >= 4 is 12.4 Å². The number of likely N-dealkylation sites (tertiary alicyclic amines) is 1. The smallest absolute Gasteiger partial charge is 0.123 e. The van der Waals surface area contributed by atoms with Crippen molar-refractivity contribution in [2.75, 3.05) is 26.7 Å². The third kappa shape index (κ3) is 5.12. The Morgan fingerprint density at radius 2 is 1.35 bits per heavy atom. The molecule has 0 amide bonds. The molecule has 3 aromatic rings. The number of aliphatic hydroxyl groups is 1. The van der Waals surface area contributed by atoms with Gasteiger partial charge in [0.25, 0.3) is 0 Å². The van der Waals surface area contributed by atoms with Crippen LogP contribution in [0.2, 0.25) is 0 Å². The third-order valence-corrected chi connectivity index (χ3v) is 6.34. The Bertz CT molecular complexity index is 911. The molecule has 0 aromatic heterocycles. The summed E-state index contributed by atoms with van der Waals surface area (Å²) in [7, 11) is 1.67. The van der Waals surface area contributed by atoms with Gasteiger partial charge in [-0.1, -0.05) is 79.2 Å². The molecule has 1 heterocycles. The lowest BCUT2D eigenvalue weighted by atomic mass is 9.72. The van der Waals surface area contributed by atoms with Gasteiger partial charge in [-0.2, -0.15) is 0 Å². The molecule has 1 saturated heterocycles. The Balaban J connectivity index is 0.00000272.